The Balaban J connectivity index is 4.16. The van der Waals surface area contributed by atoms with E-state index >= 15 is 0 Å². The second kappa shape index (κ2) is 9.31. The first kappa shape index (κ1) is 22.8. The van der Waals surface area contributed by atoms with E-state index in [4.69, 9.17) is 4.89 Å². The summed E-state index contributed by atoms with van der Waals surface area (Å²) in [6.07, 6.45) is 2.72. The van der Waals surface area contributed by atoms with Crippen LogP contribution in [-0.2, 0) is 39.2 Å². The van der Waals surface area contributed by atoms with Crippen LogP contribution in [0.5, 0.6) is 0 Å². The van der Waals surface area contributed by atoms with Gasteiger partial charge in [0.05, 0.1) is 5.60 Å². The smallest absolute Gasteiger partial charge is 0.255 e. The van der Waals surface area contributed by atoms with Crippen LogP contribution in [0.25, 0.3) is 0 Å². The van der Waals surface area contributed by atoms with Gasteiger partial charge in [-0.1, -0.05) is 27.2 Å². The predicted octanol–water partition coefficient (Wildman–Crippen LogP) is 3.59. The lowest BCUT2D eigenvalue weighted by Crippen LogP contribution is -2.33. The maximum Gasteiger partial charge on any atom is 0.456 e. The van der Waals surface area contributed by atoms with Gasteiger partial charge in [0.25, 0.3) is 0 Å². The third-order valence-corrected chi connectivity index (χ3v) is 2.76. The Morgan fingerprint density at radius 3 is 1.67 bits per heavy atom. The van der Waals surface area contributed by atoms with Gasteiger partial charge in [-0.05, 0) is 63.0 Å². The monoisotopic (exact) mass is 350 g/mol. The molecule has 0 saturated carbocycles. The summed E-state index contributed by atoms with van der Waals surface area (Å²) in [4.78, 5) is 40.7. The van der Waals surface area contributed by atoms with E-state index in [1.165, 1.54) is 0 Å². The lowest BCUT2D eigenvalue weighted by molar-refractivity contribution is -0.525. The van der Waals surface area contributed by atoms with Crippen molar-refractivity contribution in [1.82, 2.24) is 0 Å². The first-order chi connectivity index (χ1) is 10.8. The third kappa shape index (κ3) is 11.3. The van der Waals surface area contributed by atoms with Gasteiger partial charge in [0.1, 0.15) is 5.60 Å². The quantitative estimate of drug-likeness (QED) is 0.354. The standard InChI is InChI=1S/C16H30O8/c1-9-10-15(5,6)11-16(7,8)22-24-20-13(18)12(17)19-23-21-14(2,3)4/h9-11H2,1-8H3. The van der Waals surface area contributed by atoms with Crippen LogP contribution in [0.1, 0.15) is 74.7 Å². The molecular formula is C16H30O8. The highest BCUT2D eigenvalue weighted by molar-refractivity contribution is 6.29. The normalized spacial score (nSPS) is 12.8. The molecule has 0 aromatic rings. The summed E-state index contributed by atoms with van der Waals surface area (Å²) in [7, 11) is 0. The van der Waals surface area contributed by atoms with Crippen molar-refractivity contribution in [3.05, 3.63) is 0 Å². The van der Waals surface area contributed by atoms with Crippen LogP contribution in [0.15, 0.2) is 0 Å². The zero-order valence-electron chi connectivity index (χ0n) is 15.9. The second-order valence-electron chi connectivity index (χ2n) is 8.01. The van der Waals surface area contributed by atoms with Crippen molar-refractivity contribution >= 4 is 11.9 Å². The molecule has 8 nitrogen and oxygen atoms in total. The van der Waals surface area contributed by atoms with E-state index in [-0.39, 0.29) is 5.41 Å². The van der Waals surface area contributed by atoms with Crippen molar-refractivity contribution in [2.24, 2.45) is 5.41 Å². The Labute approximate surface area is 143 Å². The fourth-order valence-electron chi connectivity index (χ4n) is 2.31. The first-order valence-electron chi connectivity index (χ1n) is 7.91. The molecule has 0 N–H and O–H groups in total. The highest BCUT2D eigenvalue weighted by Gasteiger charge is 2.31. The van der Waals surface area contributed by atoms with Gasteiger partial charge in [0.15, 0.2) is 0 Å². The van der Waals surface area contributed by atoms with Crippen molar-refractivity contribution in [2.75, 3.05) is 0 Å². The van der Waals surface area contributed by atoms with Crippen LogP contribution in [0, 0.1) is 5.41 Å². The Bertz CT molecular complexity index is 409. The molecule has 0 heterocycles. The summed E-state index contributed by atoms with van der Waals surface area (Å²) in [6, 6.07) is 0. The first-order valence-corrected chi connectivity index (χ1v) is 7.91. The van der Waals surface area contributed by atoms with Crippen molar-refractivity contribution in [1.29, 1.82) is 0 Å². The van der Waals surface area contributed by atoms with E-state index in [1.54, 1.807) is 34.6 Å². The van der Waals surface area contributed by atoms with Crippen LogP contribution in [0.4, 0.5) is 0 Å². The van der Waals surface area contributed by atoms with Gasteiger partial charge in [-0.3, -0.25) is 9.78 Å². The van der Waals surface area contributed by atoms with Crippen LogP contribution >= 0.6 is 0 Å². The number of rotatable bonds is 9. The molecule has 0 radical (unpaired) electrons. The predicted molar refractivity (Wildman–Crippen MR) is 83.7 cm³/mol. The molecule has 0 aliphatic carbocycles. The summed E-state index contributed by atoms with van der Waals surface area (Å²) in [6.45, 7) is 14.9. The summed E-state index contributed by atoms with van der Waals surface area (Å²) >= 11 is 0. The van der Waals surface area contributed by atoms with E-state index in [9.17, 15) is 9.59 Å². The Morgan fingerprint density at radius 2 is 1.25 bits per heavy atom. The molecule has 0 aromatic carbocycles. The van der Waals surface area contributed by atoms with Crippen molar-refractivity contribution in [2.45, 2.75) is 85.9 Å². The molecule has 8 heteroatoms. The SMILES string of the molecule is CCCC(C)(C)CC(C)(C)OOOC(=O)C(=O)OOOC(C)(C)C. The van der Waals surface area contributed by atoms with Crippen LogP contribution in [0.2, 0.25) is 0 Å². The van der Waals surface area contributed by atoms with Crippen molar-refractivity contribution in [3.8, 4) is 0 Å². The number of carbonyl (C=O) groups is 2. The topological polar surface area (TPSA) is 89.5 Å². The lowest BCUT2D eigenvalue weighted by Gasteiger charge is -2.32. The van der Waals surface area contributed by atoms with E-state index in [2.05, 4.69) is 45.5 Å². The Morgan fingerprint density at radius 1 is 0.792 bits per heavy atom. The van der Waals surface area contributed by atoms with E-state index in [0.717, 1.165) is 12.8 Å². The molecule has 0 aromatic heterocycles. The van der Waals surface area contributed by atoms with Crippen molar-refractivity contribution in [3.63, 3.8) is 0 Å². The van der Waals surface area contributed by atoms with Gasteiger partial charge in [0, 0.05) is 0 Å². The van der Waals surface area contributed by atoms with Crippen molar-refractivity contribution < 1.29 is 39.2 Å². The van der Waals surface area contributed by atoms with Crippen LogP contribution < -0.4 is 0 Å². The molecule has 0 aliphatic heterocycles. The van der Waals surface area contributed by atoms with Gasteiger partial charge in [-0.2, -0.15) is 9.78 Å². The summed E-state index contributed by atoms with van der Waals surface area (Å²) in [5.41, 5.74) is -1.39. The fourth-order valence-corrected chi connectivity index (χ4v) is 2.31. The number of hydrogen-bond acceptors (Lipinski definition) is 8. The molecule has 142 valence electrons. The van der Waals surface area contributed by atoms with E-state index in [1.807, 2.05) is 0 Å². The van der Waals surface area contributed by atoms with Gasteiger partial charge in [-0.25, -0.2) is 9.59 Å². The largest absolute Gasteiger partial charge is 0.456 e. The molecule has 0 atom stereocenters. The van der Waals surface area contributed by atoms with Gasteiger partial charge < -0.3 is 0 Å². The zero-order chi connectivity index (χ0) is 19.0. The summed E-state index contributed by atoms with van der Waals surface area (Å²) < 4.78 is 0. The second-order valence-corrected chi connectivity index (χ2v) is 8.01. The maximum atomic E-state index is 11.3. The highest BCUT2D eigenvalue weighted by atomic mass is 17.5. The molecular weight excluding hydrogens is 320 g/mol. The Hall–Kier alpha value is -1.22. The van der Waals surface area contributed by atoms with E-state index < -0.39 is 23.1 Å². The van der Waals surface area contributed by atoms with Gasteiger partial charge >= 0.3 is 11.9 Å². The molecule has 0 rings (SSSR count). The average molecular weight is 350 g/mol. The van der Waals surface area contributed by atoms with E-state index in [0.29, 0.717) is 6.42 Å². The minimum atomic E-state index is -1.44. The fraction of sp³-hybridized carbons (Fsp3) is 0.875. The Kier molecular flexibility index (Phi) is 8.84. The molecule has 0 bridgehead atoms. The third-order valence-electron chi connectivity index (χ3n) is 2.76. The molecule has 0 fully saturated rings. The van der Waals surface area contributed by atoms with Gasteiger partial charge in [0.2, 0.25) is 0 Å². The average Bonchev–Trinajstić information content (AvgIpc) is 2.34. The molecule has 0 saturated heterocycles. The minimum absolute atomic E-state index is 0.0304. The number of carbonyl (C=O) groups excluding carboxylic acids is 2. The molecule has 0 spiro atoms. The zero-order valence-corrected chi connectivity index (χ0v) is 15.9. The van der Waals surface area contributed by atoms with Crippen LogP contribution in [-0.4, -0.2) is 23.1 Å². The molecule has 0 aliphatic rings. The molecule has 24 heavy (non-hydrogen) atoms. The number of hydrogen-bond donors (Lipinski definition) is 0. The highest BCUT2D eigenvalue weighted by Crippen LogP contribution is 2.34. The maximum absolute atomic E-state index is 11.3. The lowest BCUT2D eigenvalue weighted by atomic mass is 9.78. The summed E-state index contributed by atoms with van der Waals surface area (Å²) in [5, 5.41) is 8.58. The summed E-state index contributed by atoms with van der Waals surface area (Å²) in [5.74, 6) is -2.87. The van der Waals surface area contributed by atoms with Gasteiger partial charge in [-0.15, -0.1) is 0 Å². The molecule has 0 unspecified atom stereocenters. The molecule has 0 amide bonds. The minimum Gasteiger partial charge on any atom is -0.255 e. The van der Waals surface area contributed by atoms with Crippen LogP contribution in [0.3, 0.4) is 0 Å².